The number of aromatic nitrogens is 2. The van der Waals surface area contributed by atoms with Crippen LogP contribution in [0.4, 0.5) is 0 Å². The number of aryl methyl sites for hydroxylation is 1. The number of hydrogen-bond donors (Lipinski definition) is 1. The number of nitrogens with zero attached hydrogens (tertiary/aromatic N) is 2. The highest BCUT2D eigenvalue weighted by Gasteiger charge is 2.23. The summed E-state index contributed by atoms with van der Waals surface area (Å²) in [5.74, 6) is 0.457. The van der Waals surface area contributed by atoms with Gasteiger partial charge in [0, 0.05) is 22.0 Å². The van der Waals surface area contributed by atoms with Gasteiger partial charge in [0.2, 0.25) is 0 Å². The lowest BCUT2D eigenvalue weighted by molar-refractivity contribution is -0.142. The number of rotatable bonds is 7. The molecule has 4 rings (SSSR count). The van der Waals surface area contributed by atoms with Gasteiger partial charge in [-0.3, -0.25) is 9.48 Å². The number of nitrogens with one attached hydrogen (secondary N) is 1. The molecule has 2 heterocycles. The van der Waals surface area contributed by atoms with E-state index in [1.54, 1.807) is 0 Å². The smallest absolute Gasteiger partial charge is 0.310 e. The van der Waals surface area contributed by atoms with Crippen molar-refractivity contribution in [3.63, 3.8) is 0 Å². The monoisotopic (exact) mass is 471 g/mol. The average Bonchev–Trinajstić information content (AvgIpc) is 3.35. The number of carbonyl (C=O) groups is 1. The minimum atomic E-state index is -0.246. The number of ether oxygens (including phenoxy) is 2. The molecule has 2 aromatic carbocycles. The second-order valence-corrected chi connectivity index (χ2v) is 8.50. The van der Waals surface area contributed by atoms with E-state index in [1.165, 1.54) is 0 Å². The SMILES string of the molecule is CCOC(=O)Cc1cc(C)ccc1OCc1c2cc(Br)ccc2nn1[C@H]1CCNC1. The van der Waals surface area contributed by atoms with Gasteiger partial charge < -0.3 is 14.8 Å². The first-order chi connectivity index (χ1) is 14.5. The largest absolute Gasteiger partial charge is 0.487 e. The van der Waals surface area contributed by atoms with Crippen LogP contribution in [0.15, 0.2) is 40.9 Å². The van der Waals surface area contributed by atoms with Crippen LogP contribution in [0.2, 0.25) is 0 Å². The summed E-state index contributed by atoms with van der Waals surface area (Å²) in [6.45, 7) is 6.46. The van der Waals surface area contributed by atoms with E-state index >= 15 is 0 Å². The molecule has 1 fully saturated rings. The molecule has 1 saturated heterocycles. The maximum Gasteiger partial charge on any atom is 0.310 e. The number of hydrogen-bond acceptors (Lipinski definition) is 5. The fraction of sp³-hybridized carbons (Fsp3) is 0.391. The zero-order valence-electron chi connectivity index (χ0n) is 17.3. The van der Waals surface area contributed by atoms with Crippen molar-refractivity contribution in [2.45, 2.75) is 39.3 Å². The molecule has 1 aliphatic rings. The molecule has 1 N–H and O–H groups in total. The van der Waals surface area contributed by atoms with E-state index in [0.29, 0.717) is 25.0 Å². The van der Waals surface area contributed by atoms with E-state index in [0.717, 1.165) is 51.7 Å². The molecule has 1 aromatic heterocycles. The van der Waals surface area contributed by atoms with Crippen LogP contribution in [0.25, 0.3) is 10.9 Å². The Morgan fingerprint density at radius 1 is 1.30 bits per heavy atom. The fourth-order valence-corrected chi connectivity index (χ4v) is 4.28. The molecule has 3 aromatic rings. The van der Waals surface area contributed by atoms with Gasteiger partial charge in [-0.1, -0.05) is 33.6 Å². The highest BCUT2D eigenvalue weighted by molar-refractivity contribution is 9.10. The van der Waals surface area contributed by atoms with E-state index in [9.17, 15) is 4.79 Å². The van der Waals surface area contributed by atoms with Crippen molar-refractivity contribution in [2.75, 3.05) is 19.7 Å². The first kappa shape index (κ1) is 20.9. The van der Waals surface area contributed by atoms with Gasteiger partial charge in [0.05, 0.1) is 30.3 Å². The zero-order chi connectivity index (χ0) is 21.1. The third kappa shape index (κ3) is 4.52. The average molecular weight is 472 g/mol. The van der Waals surface area contributed by atoms with E-state index in [2.05, 4.69) is 32.0 Å². The number of halogens is 1. The lowest BCUT2D eigenvalue weighted by atomic mass is 10.1. The Balaban J connectivity index is 1.64. The minimum absolute atomic E-state index is 0.197. The van der Waals surface area contributed by atoms with Gasteiger partial charge >= 0.3 is 5.97 Å². The summed E-state index contributed by atoms with van der Waals surface area (Å²) in [4.78, 5) is 12.0. The van der Waals surface area contributed by atoms with Crippen LogP contribution in [-0.4, -0.2) is 35.4 Å². The van der Waals surface area contributed by atoms with Crippen molar-refractivity contribution in [1.29, 1.82) is 0 Å². The van der Waals surface area contributed by atoms with Crippen molar-refractivity contribution in [3.8, 4) is 5.75 Å². The Bertz CT molecular complexity index is 1060. The molecule has 30 heavy (non-hydrogen) atoms. The maximum atomic E-state index is 12.0. The maximum absolute atomic E-state index is 12.0. The summed E-state index contributed by atoms with van der Waals surface area (Å²) in [7, 11) is 0. The number of fused-ring (bicyclic) bond motifs is 1. The summed E-state index contributed by atoms with van der Waals surface area (Å²) in [5.41, 5.74) is 3.92. The number of esters is 1. The molecule has 1 atom stereocenters. The van der Waals surface area contributed by atoms with Gasteiger partial charge in [0.25, 0.3) is 0 Å². The van der Waals surface area contributed by atoms with Crippen molar-refractivity contribution < 1.29 is 14.3 Å². The van der Waals surface area contributed by atoms with Crippen LogP contribution in [0.1, 0.15) is 36.2 Å². The summed E-state index contributed by atoms with van der Waals surface area (Å²) in [5, 5.41) is 9.35. The minimum Gasteiger partial charge on any atom is -0.487 e. The molecule has 7 heteroatoms. The summed E-state index contributed by atoms with van der Waals surface area (Å²) in [6, 6.07) is 12.4. The van der Waals surface area contributed by atoms with Crippen LogP contribution >= 0.6 is 15.9 Å². The van der Waals surface area contributed by atoms with E-state index in [1.807, 2.05) is 44.2 Å². The topological polar surface area (TPSA) is 65.4 Å². The molecule has 0 spiro atoms. The van der Waals surface area contributed by atoms with Crippen LogP contribution in [0.5, 0.6) is 5.75 Å². The molecule has 0 amide bonds. The molecule has 6 nitrogen and oxygen atoms in total. The molecule has 0 unspecified atom stereocenters. The predicted octanol–water partition coefficient (Wildman–Crippen LogP) is 4.33. The molecule has 0 aliphatic carbocycles. The fourth-order valence-electron chi connectivity index (χ4n) is 3.92. The Morgan fingerprint density at radius 3 is 2.93 bits per heavy atom. The summed E-state index contributed by atoms with van der Waals surface area (Å²) < 4.78 is 14.5. The zero-order valence-corrected chi connectivity index (χ0v) is 18.9. The Kier molecular flexibility index (Phi) is 6.39. The van der Waals surface area contributed by atoms with Crippen LogP contribution in [0.3, 0.4) is 0 Å². The molecule has 0 saturated carbocycles. The van der Waals surface area contributed by atoms with Crippen molar-refractivity contribution in [3.05, 3.63) is 57.7 Å². The highest BCUT2D eigenvalue weighted by atomic mass is 79.9. The van der Waals surface area contributed by atoms with Gasteiger partial charge in [-0.2, -0.15) is 5.10 Å². The third-order valence-electron chi connectivity index (χ3n) is 5.36. The van der Waals surface area contributed by atoms with Gasteiger partial charge in [0.15, 0.2) is 0 Å². The van der Waals surface area contributed by atoms with E-state index < -0.39 is 0 Å². The van der Waals surface area contributed by atoms with Gasteiger partial charge in [0.1, 0.15) is 12.4 Å². The molecule has 1 aliphatic heterocycles. The Labute approximate surface area is 184 Å². The number of benzene rings is 2. The summed E-state index contributed by atoms with van der Waals surface area (Å²) in [6.07, 6.45) is 1.24. The van der Waals surface area contributed by atoms with Crippen molar-refractivity contribution in [2.24, 2.45) is 0 Å². The van der Waals surface area contributed by atoms with Crippen molar-refractivity contribution in [1.82, 2.24) is 15.1 Å². The predicted molar refractivity (Wildman–Crippen MR) is 120 cm³/mol. The Morgan fingerprint density at radius 2 is 2.17 bits per heavy atom. The van der Waals surface area contributed by atoms with Gasteiger partial charge in [-0.05, 0) is 51.1 Å². The molecular formula is C23H26BrN3O3. The lowest BCUT2D eigenvalue weighted by Crippen LogP contribution is -2.18. The van der Waals surface area contributed by atoms with Crippen LogP contribution < -0.4 is 10.1 Å². The normalized spacial score (nSPS) is 16.2. The second-order valence-electron chi connectivity index (χ2n) is 7.58. The van der Waals surface area contributed by atoms with Crippen LogP contribution in [0, 0.1) is 6.92 Å². The first-order valence-corrected chi connectivity index (χ1v) is 11.1. The van der Waals surface area contributed by atoms with Crippen molar-refractivity contribution >= 4 is 32.8 Å². The lowest BCUT2D eigenvalue weighted by Gasteiger charge is -2.16. The summed E-state index contributed by atoms with van der Waals surface area (Å²) >= 11 is 3.58. The van der Waals surface area contributed by atoms with Gasteiger partial charge in [-0.25, -0.2) is 0 Å². The van der Waals surface area contributed by atoms with Crippen LogP contribution in [-0.2, 0) is 22.6 Å². The molecular weight excluding hydrogens is 446 g/mol. The third-order valence-corrected chi connectivity index (χ3v) is 5.86. The molecule has 0 bridgehead atoms. The first-order valence-electron chi connectivity index (χ1n) is 10.3. The molecule has 0 radical (unpaired) electrons. The Hall–Kier alpha value is -2.38. The molecule has 158 valence electrons. The van der Waals surface area contributed by atoms with E-state index in [-0.39, 0.29) is 12.4 Å². The highest BCUT2D eigenvalue weighted by Crippen LogP contribution is 2.29. The number of carbonyl (C=O) groups excluding carboxylic acids is 1. The standard InChI is InChI=1S/C23H26BrN3O3/c1-3-29-23(28)11-16-10-15(2)4-7-22(16)30-14-21-19-12-17(24)5-6-20(19)26-27(21)18-8-9-25-13-18/h4-7,10,12,18,25H,3,8-9,11,13-14H2,1-2H3/t18-/m0/s1. The van der Waals surface area contributed by atoms with Gasteiger partial charge in [-0.15, -0.1) is 0 Å². The quantitative estimate of drug-likeness (QED) is 0.519. The van der Waals surface area contributed by atoms with E-state index in [4.69, 9.17) is 14.6 Å². The second kappa shape index (κ2) is 9.18.